The smallest absolute Gasteiger partial charge is 0.326 e. The van der Waals surface area contributed by atoms with Gasteiger partial charge in [-0.25, -0.2) is 4.79 Å². The van der Waals surface area contributed by atoms with E-state index >= 15 is 0 Å². The van der Waals surface area contributed by atoms with Crippen LogP contribution in [0.1, 0.15) is 31.3 Å². The molecule has 17 heavy (non-hydrogen) atoms. The lowest BCUT2D eigenvalue weighted by molar-refractivity contribution is -0.142. The van der Waals surface area contributed by atoms with Crippen molar-refractivity contribution in [1.29, 1.82) is 0 Å². The van der Waals surface area contributed by atoms with Crippen LogP contribution in [0.25, 0.3) is 0 Å². The van der Waals surface area contributed by atoms with Crippen molar-refractivity contribution in [2.75, 3.05) is 0 Å². The zero-order valence-electron chi connectivity index (χ0n) is 9.78. The number of aliphatic carboxylic acids is 1. The average molecular weight is 304 g/mol. The summed E-state index contributed by atoms with van der Waals surface area (Å²) in [6.45, 7) is 5.22. The van der Waals surface area contributed by atoms with Gasteiger partial charge in [-0.15, -0.1) is 0 Å². The lowest BCUT2D eigenvalue weighted by Gasteiger charge is -2.27. The highest BCUT2D eigenvalue weighted by Gasteiger charge is 2.33. The van der Waals surface area contributed by atoms with E-state index in [-0.39, 0.29) is 5.76 Å². The van der Waals surface area contributed by atoms with Crippen LogP contribution in [0.4, 0.5) is 0 Å². The van der Waals surface area contributed by atoms with Gasteiger partial charge in [0.1, 0.15) is 6.04 Å². The highest BCUT2D eigenvalue weighted by atomic mass is 79.9. The molecule has 1 atom stereocenters. The molecule has 0 saturated carbocycles. The van der Waals surface area contributed by atoms with Crippen molar-refractivity contribution in [1.82, 2.24) is 5.32 Å². The number of rotatable bonds is 3. The molecule has 1 heterocycles. The van der Waals surface area contributed by atoms with Gasteiger partial charge in [-0.2, -0.15) is 0 Å². The van der Waals surface area contributed by atoms with Crippen LogP contribution in [0.3, 0.4) is 0 Å². The third-order valence-corrected chi connectivity index (χ3v) is 2.61. The third-order valence-electron chi connectivity index (χ3n) is 2.19. The van der Waals surface area contributed by atoms with Crippen LogP contribution in [0.5, 0.6) is 0 Å². The number of carbonyl (C=O) groups excluding carboxylic acids is 1. The highest BCUT2D eigenvalue weighted by molar-refractivity contribution is 9.10. The first-order chi connectivity index (χ1) is 7.71. The summed E-state index contributed by atoms with van der Waals surface area (Å²) in [4.78, 5) is 22.8. The van der Waals surface area contributed by atoms with Crippen LogP contribution in [-0.4, -0.2) is 23.0 Å². The number of hydrogen-bond donors (Lipinski definition) is 2. The van der Waals surface area contributed by atoms with E-state index in [1.165, 1.54) is 6.07 Å². The highest BCUT2D eigenvalue weighted by Crippen LogP contribution is 2.20. The standard InChI is InChI=1S/C11H14BrNO4/c1-11(2,3)8(10(15)16)13-9(14)6-4-5-7(12)17-6/h4-5,8H,1-3H3,(H,13,14)(H,15,16). The van der Waals surface area contributed by atoms with Crippen molar-refractivity contribution in [3.8, 4) is 0 Å². The van der Waals surface area contributed by atoms with Gasteiger partial charge < -0.3 is 14.8 Å². The third kappa shape index (κ3) is 3.59. The van der Waals surface area contributed by atoms with Crippen LogP contribution in [0.2, 0.25) is 0 Å². The lowest BCUT2D eigenvalue weighted by Crippen LogP contribution is -2.49. The molecule has 1 amide bonds. The first-order valence-electron chi connectivity index (χ1n) is 5.01. The van der Waals surface area contributed by atoms with Gasteiger partial charge in [0.25, 0.3) is 5.91 Å². The van der Waals surface area contributed by atoms with Crippen LogP contribution in [0, 0.1) is 5.41 Å². The van der Waals surface area contributed by atoms with Crippen molar-refractivity contribution in [2.45, 2.75) is 26.8 Å². The van der Waals surface area contributed by atoms with Gasteiger partial charge in [-0.1, -0.05) is 20.8 Å². The van der Waals surface area contributed by atoms with E-state index in [0.29, 0.717) is 4.67 Å². The fourth-order valence-corrected chi connectivity index (χ4v) is 1.59. The summed E-state index contributed by atoms with van der Waals surface area (Å²) in [5.74, 6) is -1.54. The molecule has 1 aromatic heterocycles. The molecule has 6 heteroatoms. The molecule has 0 bridgehead atoms. The second-order valence-corrected chi connectivity index (χ2v) is 5.50. The molecule has 0 aromatic carbocycles. The molecular formula is C11H14BrNO4. The number of amides is 1. The molecular weight excluding hydrogens is 290 g/mol. The maximum absolute atomic E-state index is 11.7. The average Bonchev–Trinajstić information content (AvgIpc) is 2.58. The van der Waals surface area contributed by atoms with Crippen molar-refractivity contribution in [2.24, 2.45) is 5.41 Å². The van der Waals surface area contributed by atoms with Crippen molar-refractivity contribution in [3.63, 3.8) is 0 Å². The Morgan fingerprint density at radius 1 is 1.41 bits per heavy atom. The van der Waals surface area contributed by atoms with E-state index in [1.54, 1.807) is 26.8 Å². The Balaban J connectivity index is 2.82. The van der Waals surface area contributed by atoms with Crippen LogP contribution in [-0.2, 0) is 4.79 Å². The van der Waals surface area contributed by atoms with Crippen LogP contribution in [0.15, 0.2) is 21.2 Å². The summed E-state index contributed by atoms with van der Waals surface area (Å²) in [6.07, 6.45) is 0. The zero-order valence-corrected chi connectivity index (χ0v) is 11.4. The van der Waals surface area contributed by atoms with E-state index in [4.69, 9.17) is 9.52 Å². The van der Waals surface area contributed by atoms with Gasteiger partial charge in [-0.05, 0) is 33.5 Å². The largest absolute Gasteiger partial charge is 0.480 e. The maximum Gasteiger partial charge on any atom is 0.326 e. The van der Waals surface area contributed by atoms with Crippen molar-refractivity contribution < 1.29 is 19.1 Å². The summed E-state index contributed by atoms with van der Waals surface area (Å²) in [5.41, 5.74) is -0.578. The number of carboxylic acids is 1. The molecule has 0 saturated heterocycles. The molecule has 1 unspecified atom stereocenters. The summed E-state index contributed by atoms with van der Waals surface area (Å²) in [6, 6.07) is 2.07. The van der Waals surface area contributed by atoms with Gasteiger partial charge in [-0.3, -0.25) is 4.79 Å². The zero-order chi connectivity index (χ0) is 13.2. The fourth-order valence-electron chi connectivity index (χ4n) is 1.29. The molecule has 1 rings (SSSR count). The Morgan fingerprint density at radius 3 is 2.35 bits per heavy atom. The van der Waals surface area contributed by atoms with E-state index in [2.05, 4.69) is 21.2 Å². The summed E-state index contributed by atoms with van der Waals surface area (Å²) in [5, 5.41) is 11.5. The number of carbonyl (C=O) groups is 2. The van der Waals surface area contributed by atoms with Gasteiger partial charge in [0.15, 0.2) is 10.4 Å². The minimum absolute atomic E-state index is 0.0763. The Hall–Kier alpha value is -1.30. The van der Waals surface area contributed by atoms with Crippen molar-refractivity contribution in [3.05, 3.63) is 22.6 Å². The monoisotopic (exact) mass is 303 g/mol. The molecule has 0 aliphatic heterocycles. The maximum atomic E-state index is 11.7. The molecule has 5 nitrogen and oxygen atoms in total. The molecule has 1 aromatic rings. The molecule has 2 N–H and O–H groups in total. The van der Waals surface area contributed by atoms with Gasteiger partial charge in [0, 0.05) is 0 Å². The van der Waals surface area contributed by atoms with Gasteiger partial charge >= 0.3 is 5.97 Å². The Labute approximate surface area is 107 Å². The first kappa shape index (κ1) is 13.8. The minimum atomic E-state index is -1.07. The fraction of sp³-hybridized carbons (Fsp3) is 0.455. The summed E-state index contributed by atoms with van der Waals surface area (Å²) >= 11 is 3.07. The van der Waals surface area contributed by atoms with Crippen LogP contribution < -0.4 is 5.32 Å². The number of halogens is 1. The van der Waals surface area contributed by atoms with E-state index < -0.39 is 23.3 Å². The van der Waals surface area contributed by atoms with E-state index in [0.717, 1.165) is 0 Å². The summed E-state index contributed by atoms with van der Waals surface area (Å²) < 4.78 is 5.47. The first-order valence-corrected chi connectivity index (χ1v) is 5.80. The quantitative estimate of drug-likeness (QED) is 0.898. The Bertz CT molecular complexity index is 433. The minimum Gasteiger partial charge on any atom is -0.480 e. The number of furan rings is 1. The lowest BCUT2D eigenvalue weighted by atomic mass is 9.87. The number of nitrogens with one attached hydrogen (secondary N) is 1. The van der Waals surface area contributed by atoms with Gasteiger partial charge in [0.05, 0.1) is 0 Å². The Morgan fingerprint density at radius 2 is 2.00 bits per heavy atom. The second kappa shape index (κ2) is 4.91. The predicted octanol–water partition coefficient (Wildman–Crippen LogP) is 2.27. The van der Waals surface area contributed by atoms with Crippen molar-refractivity contribution >= 4 is 27.8 Å². The van der Waals surface area contributed by atoms with E-state index in [9.17, 15) is 9.59 Å². The second-order valence-electron chi connectivity index (χ2n) is 4.71. The van der Waals surface area contributed by atoms with E-state index in [1.807, 2.05) is 0 Å². The SMILES string of the molecule is CC(C)(C)C(NC(=O)c1ccc(Br)o1)C(=O)O. The Kier molecular flexibility index (Phi) is 3.98. The predicted molar refractivity (Wildman–Crippen MR) is 64.8 cm³/mol. The number of hydrogen-bond acceptors (Lipinski definition) is 3. The summed E-state index contributed by atoms with van der Waals surface area (Å²) in [7, 11) is 0. The van der Waals surface area contributed by atoms with Gasteiger partial charge in [0.2, 0.25) is 0 Å². The van der Waals surface area contributed by atoms with Crippen LogP contribution >= 0.6 is 15.9 Å². The molecule has 0 fully saturated rings. The normalized spacial score (nSPS) is 13.2. The molecule has 0 spiro atoms. The molecule has 0 aliphatic rings. The number of carboxylic acid groups (broad SMARTS) is 1. The molecule has 94 valence electrons. The molecule has 0 radical (unpaired) electrons. The topological polar surface area (TPSA) is 79.5 Å². The molecule has 0 aliphatic carbocycles.